The number of methoxy groups -OCH3 is 1. The van der Waals surface area contributed by atoms with Crippen molar-refractivity contribution in [2.24, 2.45) is 11.3 Å². The van der Waals surface area contributed by atoms with Gasteiger partial charge in [0.15, 0.2) is 0 Å². The first-order valence-corrected chi connectivity index (χ1v) is 9.06. The monoisotopic (exact) mass is 310 g/mol. The lowest BCUT2D eigenvalue weighted by Crippen LogP contribution is -2.47. The minimum atomic E-state index is 0.0764. The summed E-state index contributed by atoms with van der Waals surface area (Å²) in [6.07, 6.45) is 8.16. The molecule has 0 unspecified atom stereocenters. The van der Waals surface area contributed by atoms with Gasteiger partial charge in [-0.3, -0.25) is 0 Å². The Morgan fingerprint density at radius 3 is 2.67 bits per heavy atom. The van der Waals surface area contributed by atoms with Crippen molar-refractivity contribution in [2.45, 2.75) is 58.4 Å². The molecule has 1 aliphatic rings. The summed E-state index contributed by atoms with van der Waals surface area (Å²) in [6, 6.07) is 0. The number of thiazole rings is 1. The average Bonchev–Trinajstić information content (AvgIpc) is 3.03. The van der Waals surface area contributed by atoms with E-state index in [0.717, 1.165) is 19.1 Å². The van der Waals surface area contributed by atoms with Crippen LogP contribution in [0.25, 0.3) is 0 Å². The van der Waals surface area contributed by atoms with E-state index >= 15 is 0 Å². The van der Waals surface area contributed by atoms with E-state index in [1.165, 1.54) is 37.1 Å². The Hall–Kier alpha value is -0.450. The third-order valence-electron chi connectivity index (χ3n) is 5.47. The SMILES string of the molecule is CCC(C)(C)C1CCC(NCCOC)(c2nccs2)CC1. The van der Waals surface area contributed by atoms with E-state index in [-0.39, 0.29) is 5.54 Å². The Bertz CT molecular complexity index is 408. The molecule has 0 radical (unpaired) electrons. The molecule has 0 atom stereocenters. The lowest BCUT2D eigenvalue weighted by atomic mass is 9.65. The highest BCUT2D eigenvalue weighted by Crippen LogP contribution is 2.47. The van der Waals surface area contributed by atoms with Crippen LogP contribution in [-0.2, 0) is 10.3 Å². The Labute approximate surface area is 133 Å². The Morgan fingerprint density at radius 2 is 2.14 bits per heavy atom. The summed E-state index contributed by atoms with van der Waals surface area (Å²) < 4.78 is 5.21. The zero-order chi connectivity index (χ0) is 15.3. The molecule has 0 aromatic carbocycles. The van der Waals surface area contributed by atoms with Crippen molar-refractivity contribution in [2.75, 3.05) is 20.3 Å². The van der Waals surface area contributed by atoms with Gasteiger partial charge in [-0.15, -0.1) is 11.3 Å². The van der Waals surface area contributed by atoms with Gasteiger partial charge in [0.2, 0.25) is 0 Å². The number of ether oxygens (including phenoxy) is 1. The van der Waals surface area contributed by atoms with Gasteiger partial charge in [0.25, 0.3) is 0 Å². The molecule has 21 heavy (non-hydrogen) atoms. The number of nitrogens with one attached hydrogen (secondary N) is 1. The molecule has 2 rings (SSSR count). The van der Waals surface area contributed by atoms with Gasteiger partial charge in [0, 0.05) is 25.2 Å². The highest BCUT2D eigenvalue weighted by Gasteiger charge is 2.41. The van der Waals surface area contributed by atoms with Crippen LogP contribution < -0.4 is 5.32 Å². The van der Waals surface area contributed by atoms with Crippen LogP contribution in [0.3, 0.4) is 0 Å². The molecule has 1 N–H and O–H groups in total. The Kier molecular flexibility index (Phi) is 5.81. The largest absolute Gasteiger partial charge is 0.383 e. The molecule has 1 aromatic rings. The first-order chi connectivity index (χ1) is 10.0. The molecule has 3 nitrogen and oxygen atoms in total. The van der Waals surface area contributed by atoms with Gasteiger partial charge in [-0.25, -0.2) is 4.98 Å². The summed E-state index contributed by atoms with van der Waals surface area (Å²) in [5.41, 5.74) is 0.536. The molecule has 0 aliphatic heterocycles. The van der Waals surface area contributed by atoms with Crippen LogP contribution in [0.15, 0.2) is 11.6 Å². The number of aromatic nitrogens is 1. The van der Waals surface area contributed by atoms with Gasteiger partial charge < -0.3 is 10.1 Å². The fourth-order valence-electron chi connectivity index (χ4n) is 3.50. The summed E-state index contributed by atoms with van der Waals surface area (Å²) >= 11 is 1.79. The predicted molar refractivity (Wildman–Crippen MR) is 89.7 cm³/mol. The summed E-state index contributed by atoms with van der Waals surface area (Å²) in [7, 11) is 1.76. The third-order valence-corrected chi connectivity index (χ3v) is 6.44. The molecule has 1 aromatic heterocycles. The maximum absolute atomic E-state index is 5.21. The second-order valence-electron chi connectivity index (χ2n) is 6.96. The average molecular weight is 311 g/mol. The van der Waals surface area contributed by atoms with Crippen LogP contribution in [0, 0.1) is 11.3 Å². The molecule has 0 bridgehead atoms. The second kappa shape index (κ2) is 7.21. The lowest BCUT2D eigenvalue weighted by Gasteiger charge is -2.44. The maximum Gasteiger partial charge on any atom is 0.113 e. The lowest BCUT2D eigenvalue weighted by molar-refractivity contribution is 0.0911. The van der Waals surface area contributed by atoms with Crippen molar-refractivity contribution in [3.63, 3.8) is 0 Å². The van der Waals surface area contributed by atoms with Gasteiger partial charge in [-0.1, -0.05) is 27.2 Å². The van der Waals surface area contributed by atoms with Gasteiger partial charge >= 0.3 is 0 Å². The molecular weight excluding hydrogens is 280 g/mol. The van der Waals surface area contributed by atoms with Gasteiger partial charge in [0.1, 0.15) is 5.01 Å². The van der Waals surface area contributed by atoms with E-state index in [2.05, 4.69) is 36.5 Å². The minimum absolute atomic E-state index is 0.0764. The molecule has 1 fully saturated rings. The number of hydrogen-bond donors (Lipinski definition) is 1. The van der Waals surface area contributed by atoms with Crippen molar-refractivity contribution in [1.82, 2.24) is 10.3 Å². The van der Waals surface area contributed by atoms with Crippen molar-refractivity contribution in [1.29, 1.82) is 0 Å². The van der Waals surface area contributed by atoms with Crippen molar-refractivity contribution < 1.29 is 4.74 Å². The van der Waals surface area contributed by atoms with E-state index in [9.17, 15) is 0 Å². The molecule has 1 heterocycles. The van der Waals surface area contributed by atoms with Crippen molar-refractivity contribution in [3.05, 3.63) is 16.6 Å². The number of hydrogen-bond acceptors (Lipinski definition) is 4. The van der Waals surface area contributed by atoms with Crippen LogP contribution in [0.4, 0.5) is 0 Å². The fourth-order valence-corrected chi connectivity index (χ4v) is 4.37. The number of nitrogens with zero attached hydrogens (tertiary/aromatic N) is 1. The van der Waals surface area contributed by atoms with Crippen LogP contribution >= 0.6 is 11.3 Å². The molecule has 4 heteroatoms. The first kappa shape index (κ1) is 16.9. The summed E-state index contributed by atoms with van der Waals surface area (Å²) in [6.45, 7) is 8.83. The quantitative estimate of drug-likeness (QED) is 0.766. The van der Waals surface area contributed by atoms with Crippen LogP contribution in [0.5, 0.6) is 0 Å². The fraction of sp³-hybridized carbons (Fsp3) is 0.824. The summed E-state index contributed by atoms with van der Waals surface area (Å²) in [5, 5.41) is 7.10. The highest BCUT2D eigenvalue weighted by atomic mass is 32.1. The van der Waals surface area contributed by atoms with E-state index < -0.39 is 0 Å². The second-order valence-corrected chi connectivity index (χ2v) is 7.85. The smallest absolute Gasteiger partial charge is 0.113 e. The highest BCUT2D eigenvalue weighted by molar-refractivity contribution is 7.09. The number of rotatable bonds is 7. The molecule has 0 spiro atoms. The van der Waals surface area contributed by atoms with Gasteiger partial charge in [-0.05, 0) is 37.0 Å². The van der Waals surface area contributed by atoms with Crippen LogP contribution in [0.2, 0.25) is 0 Å². The molecular formula is C17H30N2OS. The molecule has 1 saturated carbocycles. The van der Waals surface area contributed by atoms with E-state index in [4.69, 9.17) is 4.74 Å². The normalized spacial score (nSPS) is 27.0. The zero-order valence-corrected chi connectivity index (χ0v) is 14.8. The standard InChI is InChI=1S/C17H30N2OS/c1-5-16(2,3)14-6-8-17(9-7-14,19-10-12-20-4)15-18-11-13-21-15/h11,13-14,19H,5-10,12H2,1-4H3. The van der Waals surface area contributed by atoms with E-state index in [1.807, 2.05) is 6.20 Å². The molecule has 120 valence electrons. The first-order valence-electron chi connectivity index (χ1n) is 8.18. The summed E-state index contributed by atoms with van der Waals surface area (Å²) in [5.74, 6) is 0.833. The zero-order valence-electron chi connectivity index (χ0n) is 13.9. The minimum Gasteiger partial charge on any atom is -0.383 e. The Balaban J connectivity index is 2.07. The van der Waals surface area contributed by atoms with E-state index in [0.29, 0.717) is 5.41 Å². The van der Waals surface area contributed by atoms with E-state index in [1.54, 1.807) is 18.4 Å². The summed E-state index contributed by atoms with van der Waals surface area (Å²) in [4.78, 5) is 4.61. The van der Waals surface area contributed by atoms with Crippen LogP contribution in [-0.4, -0.2) is 25.2 Å². The van der Waals surface area contributed by atoms with Gasteiger partial charge in [-0.2, -0.15) is 0 Å². The Morgan fingerprint density at radius 1 is 1.43 bits per heavy atom. The topological polar surface area (TPSA) is 34.1 Å². The van der Waals surface area contributed by atoms with Crippen LogP contribution in [0.1, 0.15) is 57.9 Å². The third kappa shape index (κ3) is 3.85. The molecule has 0 amide bonds. The van der Waals surface area contributed by atoms with Crippen molar-refractivity contribution in [3.8, 4) is 0 Å². The molecule has 1 aliphatic carbocycles. The predicted octanol–water partition coefficient (Wildman–Crippen LogP) is 4.20. The van der Waals surface area contributed by atoms with Crippen molar-refractivity contribution >= 4 is 11.3 Å². The maximum atomic E-state index is 5.21. The molecule has 0 saturated heterocycles. The van der Waals surface area contributed by atoms with Gasteiger partial charge in [0.05, 0.1) is 12.1 Å².